The first-order chi connectivity index (χ1) is 12.4. The summed E-state index contributed by atoms with van der Waals surface area (Å²) >= 11 is 6.27. The molecule has 0 bridgehead atoms. The molecular formula is C18H21ClN6O. The van der Waals surface area contributed by atoms with Crippen molar-refractivity contribution in [1.82, 2.24) is 24.5 Å². The van der Waals surface area contributed by atoms with Gasteiger partial charge in [-0.1, -0.05) is 29.8 Å². The first kappa shape index (κ1) is 18.2. The largest absolute Gasteiger partial charge is 0.308 e. The summed E-state index contributed by atoms with van der Waals surface area (Å²) in [5.41, 5.74) is 1.71. The SMILES string of the molecule is CN(C)CCn1ccc(NC(=O)c2cn(C)nc2-c2ccccc2Cl)n1. The maximum atomic E-state index is 12.7. The van der Waals surface area contributed by atoms with Crippen molar-refractivity contribution in [3.63, 3.8) is 0 Å². The van der Waals surface area contributed by atoms with E-state index < -0.39 is 0 Å². The Balaban J connectivity index is 1.80. The molecule has 0 saturated carbocycles. The third kappa shape index (κ3) is 4.12. The van der Waals surface area contributed by atoms with Gasteiger partial charge in [-0.15, -0.1) is 0 Å². The van der Waals surface area contributed by atoms with Crippen LogP contribution in [-0.4, -0.2) is 51.0 Å². The molecular weight excluding hydrogens is 352 g/mol. The van der Waals surface area contributed by atoms with E-state index in [9.17, 15) is 4.79 Å². The lowest BCUT2D eigenvalue weighted by Gasteiger charge is -2.08. The Kier molecular flexibility index (Phi) is 5.39. The molecule has 26 heavy (non-hydrogen) atoms. The van der Waals surface area contributed by atoms with Crippen molar-refractivity contribution in [3.8, 4) is 11.3 Å². The minimum absolute atomic E-state index is 0.272. The Morgan fingerprint density at radius 1 is 1.23 bits per heavy atom. The van der Waals surface area contributed by atoms with E-state index in [1.807, 2.05) is 38.5 Å². The van der Waals surface area contributed by atoms with Crippen molar-refractivity contribution in [3.05, 3.63) is 53.3 Å². The second kappa shape index (κ2) is 7.72. The van der Waals surface area contributed by atoms with E-state index >= 15 is 0 Å². The number of nitrogens with one attached hydrogen (secondary N) is 1. The number of anilines is 1. The van der Waals surface area contributed by atoms with Gasteiger partial charge in [0.05, 0.1) is 17.1 Å². The quantitative estimate of drug-likeness (QED) is 0.722. The summed E-state index contributed by atoms with van der Waals surface area (Å²) in [4.78, 5) is 14.8. The first-order valence-corrected chi connectivity index (χ1v) is 8.60. The molecule has 0 spiro atoms. The molecule has 0 aliphatic carbocycles. The molecule has 0 atom stereocenters. The lowest BCUT2D eigenvalue weighted by molar-refractivity contribution is 0.102. The van der Waals surface area contributed by atoms with Gasteiger partial charge in [0.1, 0.15) is 5.69 Å². The predicted octanol–water partition coefficient (Wildman–Crippen LogP) is 2.75. The number of hydrogen-bond acceptors (Lipinski definition) is 4. The third-order valence-corrected chi connectivity index (χ3v) is 4.19. The molecule has 2 aromatic heterocycles. The van der Waals surface area contributed by atoms with E-state index in [-0.39, 0.29) is 5.91 Å². The van der Waals surface area contributed by atoms with E-state index in [4.69, 9.17) is 11.6 Å². The van der Waals surface area contributed by atoms with Gasteiger partial charge in [0.15, 0.2) is 5.82 Å². The molecule has 1 amide bonds. The van der Waals surface area contributed by atoms with Gasteiger partial charge in [-0.05, 0) is 20.2 Å². The highest BCUT2D eigenvalue weighted by molar-refractivity contribution is 6.33. The molecule has 2 heterocycles. The zero-order valence-electron chi connectivity index (χ0n) is 15.0. The lowest BCUT2D eigenvalue weighted by atomic mass is 10.1. The Morgan fingerprint density at radius 2 is 2.00 bits per heavy atom. The molecule has 0 saturated heterocycles. The fourth-order valence-corrected chi connectivity index (χ4v) is 2.77. The molecule has 8 heteroatoms. The minimum Gasteiger partial charge on any atom is -0.308 e. The van der Waals surface area contributed by atoms with E-state index in [1.165, 1.54) is 0 Å². The Morgan fingerprint density at radius 3 is 2.73 bits per heavy atom. The molecule has 3 rings (SSSR count). The monoisotopic (exact) mass is 372 g/mol. The smallest absolute Gasteiger partial charge is 0.260 e. The van der Waals surface area contributed by atoms with Crippen LogP contribution in [0.25, 0.3) is 11.3 Å². The molecule has 0 fully saturated rings. The van der Waals surface area contributed by atoms with Crippen LogP contribution in [-0.2, 0) is 13.6 Å². The maximum absolute atomic E-state index is 12.7. The topological polar surface area (TPSA) is 68.0 Å². The van der Waals surface area contributed by atoms with Crippen molar-refractivity contribution >= 4 is 23.3 Å². The van der Waals surface area contributed by atoms with Gasteiger partial charge < -0.3 is 10.2 Å². The fraction of sp³-hybridized carbons (Fsp3) is 0.278. The standard InChI is InChI=1S/C18H21ClN6O/c1-23(2)10-11-25-9-8-16(21-25)20-18(26)14-12-24(3)22-17(14)13-6-4-5-7-15(13)19/h4-9,12H,10-11H2,1-3H3,(H,20,21,26). The second-order valence-corrected chi connectivity index (χ2v) is 6.67. The maximum Gasteiger partial charge on any atom is 0.260 e. The Labute approximate surface area is 157 Å². The van der Waals surface area contributed by atoms with Crippen LogP contribution in [0.3, 0.4) is 0 Å². The van der Waals surface area contributed by atoms with Gasteiger partial charge >= 0.3 is 0 Å². The number of likely N-dealkylation sites (N-methyl/N-ethyl adjacent to an activating group) is 1. The van der Waals surface area contributed by atoms with Crippen molar-refractivity contribution in [2.75, 3.05) is 26.0 Å². The number of halogens is 1. The number of carbonyl (C=O) groups excluding carboxylic acids is 1. The van der Waals surface area contributed by atoms with Gasteiger partial charge in [0, 0.05) is 37.6 Å². The van der Waals surface area contributed by atoms with Crippen LogP contribution >= 0.6 is 11.6 Å². The fourth-order valence-electron chi connectivity index (χ4n) is 2.55. The number of hydrogen-bond donors (Lipinski definition) is 1. The Bertz CT molecular complexity index is 914. The molecule has 136 valence electrons. The van der Waals surface area contributed by atoms with Crippen molar-refractivity contribution < 1.29 is 4.79 Å². The molecule has 0 aliphatic heterocycles. The number of carbonyl (C=O) groups is 1. The highest BCUT2D eigenvalue weighted by atomic mass is 35.5. The number of amides is 1. The van der Waals surface area contributed by atoms with Crippen LogP contribution in [0.15, 0.2) is 42.7 Å². The zero-order chi connectivity index (χ0) is 18.7. The van der Waals surface area contributed by atoms with Crippen LogP contribution in [0.1, 0.15) is 10.4 Å². The Hall–Kier alpha value is -2.64. The molecule has 0 unspecified atom stereocenters. The normalized spacial score (nSPS) is 11.1. The van der Waals surface area contributed by atoms with E-state index in [0.717, 1.165) is 18.7 Å². The summed E-state index contributed by atoms with van der Waals surface area (Å²) in [5, 5.41) is 12.2. The van der Waals surface area contributed by atoms with Crippen LogP contribution in [0, 0.1) is 0 Å². The number of nitrogens with zero attached hydrogens (tertiary/aromatic N) is 5. The van der Waals surface area contributed by atoms with E-state index in [1.54, 1.807) is 34.7 Å². The molecule has 0 aliphatic rings. The van der Waals surface area contributed by atoms with Crippen LogP contribution in [0.2, 0.25) is 5.02 Å². The second-order valence-electron chi connectivity index (χ2n) is 6.27. The van der Waals surface area contributed by atoms with Crippen molar-refractivity contribution in [2.24, 2.45) is 7.05 Å². The zero-order valence-corrected chi connectivity index (χ0v) is 15.7. The highest BCUT2D eigenvalue weighted by Gasteiger charge is 2.19. The van der Waals surface area contributed by atoms with E-state index in [2.05, 4.69) is 20.4 Å². The minimum atomic E-state index is -0.272. The summed E-state index contributed by atoms with van der Waals surface area (Å²) in [6, 6.07) is 9.11. The van der Waals surface area contributed by atoms with Crippen molar-refractivity contribution in [2.45, 2.75) is 6.54 Å². The summed E-state index contributed by atoms with van der Waals surface area (Å²) in [5.74, 6) is 0.230. The summed E-state index contributed by atoms with van der Waals surface area (Å²) in [6.45, 7) is 1.62. The summed E-state index contributed by atoms with van der Waals surface area (Å²) in [7, 11) is 5.78. The molecule has 1 N–H and O–H groups in total. The molecule has 7 nitrogen and oxygen atoms in total. The third-order valence-electron chi connectivity index (χ3n) is 3.86. The summed E-state index contributed by atoms with van der Waals surface area (Å²) in [6.07, 6.45) is 3.52. The first-order valence-electron chi connectivity index (χ1n) is 8.22. The van der Waals surface area contributed by atoms with Crippen molar-refractivity contribution in [1.29, 1.82) is 0 Å². The summed E-state index contributed by atoms with van der Waals surface area (Å²) < 4.78 is 3.40. The predicted molar refractivity (Wildman–Crippen MR) is 102 cm³/mol. The molecule has 0 radical (unpaired) electrons. The number of aryl methyl sites for hydroxylation is 1. The van der Waals surface area contributed by atoms with Crippen LogP contribution in [0.5, 0.6) is 0 Å². The van der Waals surface area contributed by atoms with Gasteiger partial charge in [0.2, 0.25) is 0 Å². The van der Waals surface area contributed by atoms with Gasteiger partial charge in [-0.3, -0.25) is 14.2 Å². The lowest BCUT2D eigenvalue weighted by Crippen LogP contribution is -2.19. The van der Waals surface area contributed by atoms with E-state index in [0.29, 0.717) is 22.1 Å². The van der Waals surface area contributed by atoms with Gasteiger partial charge in [0.25, 0.3) is 5.91 Å². The highest BCUT2D eigenvalue weighted by Crippen LogP contribution is 2.29. The van der Waals surface area contributed by atoms with Gasteiger partial charge in [-0.25, -0.2) is 0 Å². The average molecular weight is 373 g/mol. The number of benzene rings is 1. The van der Waals surface area contributed by atoms with Crippen LogP contribution < -0.4 is 5.32 Å². The average Bonchev–Trinajstić information content (AvgIpc) is 3.20. The molecule has 3 aromatic rings. The number of rotatable bonds is 6. The van der Waals surface area contributed by atoms with Gasteiger partial charge in [-0.2, -0.15) is 10.2 Å². The number of aromatic nitrogens is 4. The molecule has 1 aromatic carbocycles. The van der Waals surface area contributed by atoms with Crippen LogP contribution in [0.4, 0.5) is 5.82 Å².